The lowest BCUT2D eigenvalue weighted by molar-refractivity contribution is -0.135. The van der Waals surface area contributed by atoms with Crippen molar-refractivity contribution in [3.8, 4) is 6.07 Å². The average Bonchev–Trinajstić information content (AvgIpc) is 2.80. The van der Waals surface area contributed by atoms with Gasteiger partial charge in [-0.15, -0.1) is 0 Å². The van der Waals surface area contributed by atoms with E-state index in [0.29, 0.717) is 11.5 Å². The molecule has 0 bridgehead atoms. The molecule has 0 spiro atoms. The molecular formula is C19H27N3O. The van der Waals surface area contributed by atoms with Crippen LogP contribution in [0.25, 0.3) is 0 Å². The molecule has 2 rings (SSSR count). The van der Waals surface area contributed by atoms with Crippen molar-refractivity contribution < 1.29 is 4.79 Å². The standard InChI is InChI=1S/C19H27N3O/c1-3-5-16(2)19(23)22-11-4-10-21(12-13-22)15-18-8-6-17(14-20)7-9-18/h6-9,16H,3-5,10-13,15H2,1-2H3. The van der Waals surface area contributed by atoms with Gasteiger partial charge in [-0.2, -0.15) is 5.26 Å². The predicted molar refractivity (Wildman–Crippen MR) is 91.7 cm³/mol. The topological polar surface area (TPSA) is 47.3 Å². The van der Waals surface area contributed by atoms with Crippen molar-refractivity contribution in [2.45, 2.75) is 39.7 Å². The number of carbonyl (C=O) groups excluding carboxylic acids is 1. The Morgan fingerprint density at radius 1 is 1.22 bits per heavy atom. The van der Waals surface area contributed by atoms with E-state index in [1.807, 2.05) is 36.1 Å². The Labute approximate surface area is 139 Å². The molecule has 1 aliphatic rings. The molecule has 0 aromatic heterocycles. The third-order valence-corrected chi connectivity index (χ3v) is 4.53. The van der Waals surface area contributed by atoms with Gasteiger partial charge in [0.25, 0.3) is 0 Å². The van der Waals surface area contributed by atoms with E-state index in [9.17, 15) is 4.79 Å². The van der Waals surface area contributed by atoms with Gasteiger partial charge in [-0.3, -0.25) is 9.69 Å². The average molecular weight is 313 g/mol. The molecule has 0 aliphatic carbocycles. The van der Waals surface area contributed by atoms with E-state index in [-0.39, 0.29) is 5.92 Å². The Kier molecular flexibility index (Phi) is 6.61. The van der Waals surface area contributed by atoms with E-state index in [1.165, 1.54) is 5.56 Å². The number of carbonyl (C=O) groups is 1. The molecule has 4 heteroatoms. The molecule has 1 heterocycles. The largest absolute Gasteiger partial charge is 0.341 e. The molecule has 1 aromatic carbocycles. The zero-order valence-corrected chi connectivity index (χ0v) is 14.3. The summed E-state index contributed by atoms with van der Waals surface area (Å²) in [5, 5.41) is 8.85. The Morgan fingerprint density at radius 3 is 2.61 bits per heavy atom. The van der Waals surface area contributed by atoms with Crippen LogP contribution >= 0.6 is 0 Å². The second-order valence-corrected chi connectivity index (χ2v) is 6.45. The van der Waals surface area contributed by atoms with Gasteiger partial charge in [0.05, 0.1) is 11.6 Å². The molecule has 1 saturated heterocycles. The first-order chi connectivity index (χ1) is 11.1. The van der Waals surface area contributed by atoms with Gasteiger partial charge in [0.2, 0.25) is 5.91 Å². The molecule has 124 valence electrons. The maximum Gasteiger partial charge on any atom is 0.225 e. The Hall–Kier alpha value is -1.86. The second kappa shape index (κ2) is 8.69. The summed E-state index contributed by atoms with van der Waals surface area (Å²) < 4.78 is 0. The highest BCUT2D eigenvalue weighted by molar-refractivity contribution is 5.78. The molecule has 1 aromatic rings. The summed E-state index contributed by atoms with van der Waals surface area (Å²) in [5.41, 5.74) is 1.93. The molecule has 1 atom stereocenters. The van der Waals surface area contributed by atoms with E-state index < -0.39 is 0 Å². The van der Waals surface area contributed by atoms with E-state index in [1.54, 1.807) is 0 Å². The molecule has 0 saturated carbocycles. The molecule has 23 heavy (non-hydrogen) atoms. The van der Waals surface area contributed by atoms with Crippen LogP contribution in [0.1, 0.15) is 44.2 Å². The van der Waals surface area contributed by atoms with Gasteiger partial charge in [-0.05, 0) is 30.5 Å². The third-order valence-electron chi connectivity index (χ3n) is 4.53. The van der Waals surface area contributed by atoms with Gasteiger partial charge < -0.3 is 4.90 Å². The smallest absolute Gasteiger partial charge is 0.225 e. The lowest BCUT2D eigenvalue weighted by Gasteiger charge is -2.24. The highest BCUT2D eigenvalue weighted by Crippen LogP contribution is 2.14. The molecular weight excluding hydrogens is 286 g/mol. The third kappa shape index (κ3) is 5.07. The van der Waals surface area contributed by atoms with Crippen molar-refractivity contribution in [2.75, 3.05) is 26.2 Å². The van der Waals surface area contributed by atoms with Crippen molar-refractivity contribution in [2.24, 2.45) is 5.92 Å². The summed E-state index contributed by atoms with van der Waals surface area (Å²) in [7, 11) is 0. The molecule has 1 aliphatic heterocycles. The van der Waals surface area contributed by atoms with Crippen LogP contribution in [0.4, 0.5) is 0 Å². The first-order valence-corrected chi connectivity index (χ1v) is 8.64. The Morgan fingerprint density at radius 2 is 1.96 bits per heavy atom. The number of nitrogens with zero attached hydrogens (tertiary/aromatic N) is 3. The minimum atomic E-state index is 0.144. The highest BCUT2D eigenvalue weighted by atomic mass is 16.2. The fourth-order valence-electron chi connectivity index (χ4n) is 3.16. The molecule has 1 fully saturated rings. The minimum Gasteiger partial charge on any atom is -0.341 e. The van der Waals surface area contributed by atoms with Crippen LogP contribution in [0.5, 0.6) is 0 Å². The summed E-state index contributed by atoms with van der Waals surface area (Å²) >= 11 is 0. The Balaban J connectivity index is 1.88. The molecule has 1 amide bonds. The molecule has 0 radical (unpaired) electrons. The minimum absolute atomic E-state index is 0.144. The van der Waals surface area contributed by atoms with E-state index in [4.69, 9.17) is 5.26 Å². The van der Waals surface area contributed by atoms with Gasteiger partial charge in [0, 0.05) is 38.6 Å². The molecule has 0 N–H and O–H groups in total. The zero-order valence-electron chi connectivity index (χ0n) is 14.3. The maximum absolute atomic E-state index is 12.5. The number of rotatable bonds is 5. The second-order valence-electron chi connectivity index (χ2n) is 6.45. The van der Waals surface area contributed by atoms with Gasteiger partial charge in [0.1, 0.15) is 0 Å². The lowest BCUT2D eigenvalue weighted by Crippen LogP contribution is -2.38. The van der Waals surface area contributed by atoms with Crippen LogP contribution in [0.2, 0.25) is 0 Å². The van der Waals surface area contributed by atoms with Crippen LogP contribution in [-0.4, -0.2) is 41.9 Å². The SMILES string of the molecule is CCCC(C)C(=O)N1CCCN(Cc2ccc(C#N)cc2)CC1. The number of benzene rings is 1. The number of hydrogen-bond donors (Lipinski definition) is 0. The summed E-state index contributed by atoms with van der Waals surface area (Å²) in [5.74, 6) is 0.456. The maximum atomic E-state index is 12.5. The monoisotopic (exact) mass is 313 g/mol. The summed E-state index contributed by atoms with van der Waals surface area (Å²) in [6.07, 6.45) is 3.07. The highest BCUT2D eigenvalue weighted by Gasteiger charge is 2.22. The molecule has 4 nitrogen and oxygen atoms in total. The predicted octanol–water partition coefficient (Wildman–Crippen LogP) is 3.03. The fraction of sp³-hybridized carbons (Fsp3) is 0.579. The summed E-state index contributed by atoms with van der Waals surface area (Å²) in [6.45, 7) is 8.70. The van der Waals surface area contributed by atoms with E-state index >= 15 is 0 Å². The number of hydrogen-bond acceptors (Lipinski definition) is 3. The first-order valence-electron chi connectivity index (χ1n) is 8.64. The van der Waals surface area contributed by atoms with Gasteiger partial charge in [-0.1, -0.05) is 32.4 Å². The van der Waals surface area contributed by atoms with Crippen molar-refractivity contribution in [3.63, 3.8) is 0 Å². The van der Waals surface area contributed by atoms with Crippen molar-refractivity contribution in [1.29, 1.82) is 5.26 Å². The van der Waals surface area contributed by atoms with Crippen LogP contribution in [0.3, 0.4) is 0 Å². The number of nitriles is 1. The van der Waals surface area contributed by atoms with Crippen LogP contribution in [0, 0.1) is 17.2 Å². The number of amides is 1. The van der Waals surface area contributed by atoms with E-state index in [0.717, 1.165) is 52.0 Å². The quantitative estimate of drug-likeness (QED) is 0.839. The summed E-state index contributed by atoms with van der Waals surface area (Å²) in [4.78, 5) is 16.9. The van der Waals surface area contributed by atoms with Gasteiger partial charge in [-0.25, -0.2) is 0 Å². The van der Waals surface area contributed by atoms with Crippen LogP contribution in [-0.2, 0) is 11.3 Å². The van der Waals surface area contributed by atoms with Gasteiger partial charge >= 0.3 is 0 Å². The van der Waals surface area contributed by atoms with Gasteiger partial charge in [0.15, 0.2) is 0 Å². The first kappa shape index (κ1) is 17.5. The fourth-order valence-corrected chi connectivity index (χ4v) is 3.16. The van der Waals surface area contributed by atoms with Crippen molar-refractivity contribution in [1.82, 2.24) is 9.80 Å². The summed E-state index contributed by atoms with van der Waals surface area (Å²) in [6, 6.07) is 9.94. The van der Waals surface area contributed by atoms with Crippen LogP contribution < -0.4 is 0 Å². The molecule has 1 unspecified atom stereocenters. The lowest BCUT2D eigenvalue weighted by atomic mass is 10.0. The van der Waals surface area contributed by atoms with Crippen LogP contribution in [0.15, 0.2) is 24.3 Å². The normalized spacial score (nSPS) is 17.3. The Bertz CT molecular complexity index is 547. The van der Waals surface area contributed by atoms with E-state index in [2.05, 4.69) is 17.9 Å². The van der Waals surface area contributed by atoms with Crippen molar-refractivity contribution >= 4 is 5.91 Å². The van der Waals surface area contributed by atoms with Crippen molar-refractivity contribution in [3.05, 3.63) is 35.4 Å². The zero-order chi connectivity index (χ0) is 16.7.